The lowest BCUT2D eigenvalue weighted by molar-refractivity contribution is 0.341. The molecule has 0 atom stereocenters. The summed E-state index contributed by atoms with van der Waals surface area (Å²) in [5.41, 5.74) is 0.823. The molecule has 0 amide bonds. The van der Waals surface area contributed by atoms with E-state index in [1.165, 1.54) is 7.11 Å². The highest BCUT2D eigenvalue weighted by Gasteiger charge is 2.15. The van der Waals surface area contributed by atoms with Gasteiger partial charge in [0.25, 0.3) is 5.95 Å². The Morgan fingerprint density at radius 1 is 1.10 bits per heavy atom. The number of benzene rings is 2. The van der Waals surface area contributed by atoms with Gasteiger partial charge in [-0.3, -0.25) is 4.79 Å². The van der Waals surface area contributed by atoms with Crippen molar-refractivity contribution < 1.29 is 14.3 Å². The quantitative estimate of drug-likeness (QED) is 0.775. The second kappa shape index (κ2) is 4.74. The Morgan fingerprint density at radius 3 is 2.55 bits per heavy atom. The van der Waals surface area contributed by atoms with Gasteiger partial charge in [-0.25, -0.2) is 0 Å². The van der Waals surface area contributed by atoms with E-state index in [0.29, 0.717) is 22.3 Å². The minimum Gasteiger partial charge on any atom is -0.497 e. The van der Waals surface area contributed by atoms with Crippen LogP contribution in [0.1, 0.15) is 0 Å². The summed E-state index contributed by atoms with van der Waals surface area (Å²) in [6.07, 6.45) is 0. The van der Waals surface area contributed by atoms with Crippen LogP contribution in [0.15, 0.2) is 57.7 Å². The predicted octanol–water partition coefficient (Wildman–Crippen LogP) is 3.17. The summed E-state index contributed by atoms with van der Waals surface area (Å²) in [6.45, 7) is 0. The highest BCUT2D eigenvalue weighted by atomic mass is 16.5. The molecule has 0 aliphatic heterocycles. The summed E-state index contributed by atoms with van der Waals surface area (Å²) in [5, 5.41) is 10.4. The van der Waals surface area contributed by atoms with Gasteiger partial charge in [-0.15, -0.1) is 0 Å². The molecule has 0 saturated carbocycles. The van der Waals surface area contributed by atoms with Gasteiger partial charge >= 0.3 is 0 Å². The first-order valence-electron chi connectivity index (χ1n) is 6.10. The van der Waals surface area contributed by atoms with Crippen molar-refractivity contribution in [3.8, 4) is 22.8 Å². The van der Waals surface area contributed by atoms with E-state index in [1.54, 1.807) is 42.5 Å². The van der Waals surface area contributed by atoms with Crippen LogP contribution in [0.3, 0.4) is 0 Å². The first-order chi connectivity index (χ1) is 9.70. The van der Waals surface area contributed by atoms with Crippen molar-refractivity contribution in [2.75, 3.05) is 7.11 Å². The zero-order valence-electron chi connectivity index (χ0n) is 10.8. The van der Waals surface area contributed by atoms with Gasteiger partial charge in [0.05, 0.1) is 12.5 Å². The number of fused-ring (bicyclic) bond motifs is 1. The second-order valence-electron chi connectivity index (χ2n) is 4.34. The fraction of sp³-hybridized carbons (Fsp3) is 0.0625. The van der Waals surface area contributed by atoms with Crippen molar-refractivity contribution in [1.82, 2.24) is 0 Å². The maximum absolute atomic E-state index is 12.5. The van der Waals surface area contributed by atoms with Crippen molar-refractivity contribution in [3.05, 3.63) is 58.8 Å². The first kappa shape index (κ1) is 12.3. The molecule has 0 aliphatic carbocycles. The van der Waals surface area contributed by atoms with Crippen molar-refractivity contribution >= 4 is 11.0 Å². The maximum atomic E-state index is 12.5. The molecular weight excluding hydrogens is 256 g/mol. The third kappa shape index (κ3) is 1.91. The number of ether oxygens (including phenoxy) is 1. The monoisotopic (exact) mass is 268 g/mol. The van der Waals surface area contributed by atoms with Crippen LogP contribution in [-0.2, 0) is 0 Å². The van der Waals surface area contributed by atoms with Gasteiger partial charge in [0.15, 0.2) is 0 Å². The largest absolute Gasteiger partial charge is 0.497 e. The molecule has 0 fully saturated rings. The fourth-order valence-corrected chi connectivity index (χ4v) is 2.15. The summed E-state index contributed by atoms with van der Waals surface area (Å²) < 4.78 is 10.4. The Kier molecular flexibility index (Phi) is 2.91. The molecule has 100 valence electrons. The summed E-state index contributed by atoms with van der Waals surface area (Å²) in [5.74, 6) is 0.175. The molecule has 0 unspecified atom stereocenters. The van der Waals surface area contributed by atoms with E-state index in [0.717, 1.165) is 0 Å². The number of aromatic hydroxyl groups is 1. The summed E-state index contributed by atoms with van der Waals surface area (Å²) in [7, 11) is 1.53. The van der Waals surface area contributed by atoms with Crippen molar-refractivity contribution in [2.45, 2.75) is 0 Å². The summed E-state index contributed by atoms with van der Waals surface area (Å²) in [6, 6.07) is 13.8. The first-order valence-corrected chi connectivity index (χ1v) is 6.10. The third-order valence-electron chi connectivity index (χ3n) is 3.14. The van der Waals surface area contributed by atoms with E-state index < -0.39 is 0 Å². The van der Waals surface area contributed by atoms with Crippen LogP contribution in [0.5, 0.6) is 11.7 Å². The minimum atomic E-state index is -0.387. The van der Waals surface area contributed by atoms with Crippen molar-refractivity contribution in [1.29, 1.82) is 0 Å². The van der Waals surface area contributed by atoms with Crippen LogP contribution in [0.2, 0.25) is 0 Å². The molecule has 0 bridgehead atoms. The van der Waals surface area contributed by atoms with Crippen LogP contribution in [-0.4, -0.2) is 12.2 Å². The summed E-state index contributed by atoms with van der Waals surface area (Å²) in [4.78, 5) is 12.5. The normalized spacial score (nSPS) is 10.7. The number of hydrogen-bond donors (Lipinski definition) is 1. The van der Waals surface area contributed by atoms with Crippen LogP contribution in [0, 0.1) is 0 Å². The lowest BCUT2D eigenvalue weighted by Crippen LogP contribution is -2.05. The van der Waals surface area contributed by atoms with E-state index in [1.807, 2.05) is 6.07 Å². The van der Waals surface area contributed by atoms with E-state index in [9.17, 15) is 9.90 Å². The van der Waals surface area contributed by atoms with Crippen molar-refractivity contribution in [3.63, 3.8) is 0 Å². The lowest BCUT2D eigenvalue weighted by Gasteiger charge is -2.06. The zero-order valence-corrected chi connectivity index (χ0v) is 10.8. The van der Waals surface area contributed by atoms with Gasteiger partial charge in [-0.2, -0.15) is 0 Å². The minimum absolute atomic E-state index is 0.170. The standard InChI is InChI=1S/C16H12O4/c1-19-11-7-8-12-13(9-11)20-16(18)14(15(12)17)10-5-3-2-4-6-10/h2-9,18H,1H3. The Labute approximate surface area is 114 Å². The van der Waals surface area contributed by atoms with Gasteiger partial charge in [0.2, 0.25) is 5.43 Å². The van der Waals surface area contributed by atoms with E-state index in [-0.39, 0.29) is 16.9 Å². The average Bonchev–Trinajstić information content (AvgIpc) is 2.47. The third-order valence-corrected chi connectivity index (χ3v) is 3.14. The molecule has 3 rings (SSSR count). The highest BCUT2D eigenvalue weighted by Crippen LogP contribution is 2.30. The molecule has 1 aromatic heterocycles. The van der Waals surface area contributed by atoms with Gasteiger partial charge in [0.1, 0.15) is 16.9 Å². The molecule has 4 nitrogen and oxygen atoms in total. The molecule has 0 aliphatic rings. The Morgan fingerprint density at radius 2 is 1.85 bits per heavy atom. The number of methoxy groups -OCH3 is 1. The topological polar surface area (TPSA) is 59.7 Å². The van der Waals surface area contributed by atoms with E-state index in [4.69, 9.17) is 9.15 Å². The molecule has 0 radical (unpaired) electrons. The zero-order chi connectivity index (χ0) is 14.1. The van der Waals surface area contributed by atoms with E-state index in [2.05, 4.69) is 0 Å². The van der Waals surface area contributed by atoms with E-state index >= 15 is 0 Å². The molecule has 0 saturated heterocycles. The Hall–Kier alpha value is -2.75. The SMILES string of the molecule is COc1ccc2c(=O)c(-c3ccccc3)c(O)oc2c1. The Balaban J connectivity index is 2.33. The predicted molar refractivity (Wildman–Crippen MR) is 76.1 cm³/mol. The maximum Gasteiger partial charge on any atom is 0.294 e. The van der Waals surface area contributed by atoms with Crippen LogP contribution in [0.4, 0.5) is 0 Å². The smallest absolute Gasteiger partial charge is 0.294 e. The molecule has 20 heavy (non-hydrogen) atoms. The molecule has 1 N–H and O–H groups in total. The van der Waals surface area contributed by atoms with Crippen LogP contribution in [0.25, 0.3) is 22.1 Å². The average molecular weight is 268 g/mol. The molecule has 2 aromatic carbocycles. The fourth-order valence-electron chi connectivity index (χ4n) is 2.15. The van der Waals surface area contributed by atoms with Gasteiger partial charge in [0, 0.05) is 6.07 Å². The van der Waals surface area contributed by atoms with Gasteiger partial charge in [-0.05, 0) is 17.7 Å². The Bertz CT molecular complexity index is 819. The highest BCUT2D eigenvalue weighted by molar-refractivity contribution is 5.84. The molecular formula is C16H12O4. The molecule has 1 heterocycles. The van der Waals surface area contributed by atoms with Gasteiger partial charge < -0.3 is 14.3 Å². The molecule has 3 aromatic rings. The summed E-state index contributed by atoms with van der Waals surface area (Å²) >= 11 is 0. The van der Waals surface area contributed by atoms with Crippen LogP contribution < -0.4 is 10.2 Å². The molecule has 4 heteroatoms. The number of rotatable bonds is 2. The number of hydrogen-bond acceptors (Lipinski definition) is 4. The van der Waals surface area contributed by atoms with Crippen molar-refractivity contribution in [2.24, 2.45) is 0 Å². The lowest BCUT2D eigenvalue weighted by atomic mass is 10.1. The molecule has 0 spiro atoms. The second-order valence-corrected chi connectivity index (χ2v) is 4.34. The van der Waals surface area contributed by atoms with Gasteiger partial charge in [-0.1, -0.05) is 30.3 Å². The van der Waals surface area contributed by atoms with Crippen LogP contribution >= 0.6 is 0 Å².